The second-order valence-corrected chi connectivity index (χ2v) is 6.17. The van der Waals surface area contributed by atoms with Crippen molar-refractivity contribution in [1.82, 2.24) is 0 Å². The van der Waals surface area contributed by atoms with E-state index in [2.05, 4.69) is 0 Å². The monoisotopic (exact) mass is 298 g/mol. The first-order valence-corrected chi connectivity index (χ1v) is 7.59. The van der Waals surface area contributed by atoms with Gasteiger partial charge in [-0.1, -0.05) is 11.8 Å². The van der Waals surface area contributed by atoms with Gasteiger partial charge in [-0.3, -0.25) is 10.2 Å². The second kappa shape index (κ2) is 5.34. The zero-order valence-corrected chi connectivity index (χ0v) is 12.5. The fourth-order valence-electron chi connectivity index (χ4n) is 1.79. The van der Waals surface area contributed by atoms with Gasteiger partial charge in [-0.25, -0.2) is 9.69 Å². The van der Waals surface area contributed by atoms with Crippen molar-refractivity contribution < 1.29 is 14.3 Å². The second-order valence-electron chi connectivity index (χ2n) is 4.01. The predicted octanol–water partition coefficient (Wildman–Crippen LogP) is 2.56. The Morgan fingerprint density at radius 1 is 1.47 bits per heavy atom. The van der Waals surface area contributed by atoms with E-state index in [9.17, 15) is 9.59 Å². The Bertz CT molecular complexity index is 550. The fraction of sp³-hybridized carbons (Fsp3) is 0.417. The van der Waals surface area contributed by atoms with Crippen molar-refractivity contribution in [3.05, 3.63) is 16.0 Å². The number of ether oxygens (including phenoxy) is 1. The molecule has 102 valence electrons. The van der Waals surface area contributed by atoms with Gasteiger partial charge in [0.2, 0.25) is 5.91 Å². The van der Waals surface area contributed by atoms with Crippen LogP contribution in [-0.4, -0.2) is 29.4 Å². The summed E-state index contributed by atoms with van der Waals surface area (Å²) in [5, 5.41) is 8.49. The van der Waals surface area contributed by atoms with E-state index in [-0.39, 0.29) is 23.4 Å². The average Bonchev–Trinajstić information content (AvgIpc) is 2.81. The maximum absolute atomic E-state index is 12.0. The number of thiophene rings is 1. The molecule has 19 heavy (non-hydrogen) atoms. The Morgan fingerprint density at radius 3 is 2.68 bits per heavy atom. The molecule has 0 spiro atoms. The standard InChI is InChI=1S/C12H14N2O3S2/c1-4-17-11(16)9-6(2)7(3)19-10(9)14-8(15)5-18-12(14)13/h13H,4-5H2,1-3H3. The summed E-state index contributed by atoms with van der Waals surface area (Å²) in [6.45, 7) is 5.75. The maximum atomic E-state index is 12.0. The van der Waals surface area contributed by atoms with E-state index in [0.29, 0.717) is 10.6 Å². The lowest BCUT2D eigenvalue weighted by atomic mass is 10.1. The summed E-state index contributed by atoms with van der Waals surface area (Å²) >= 11 is 2.52. The highest BCUT2D eigenvalue weighted by molar-refractivity contribution is 8.15. The van der Waals surface area contributed by atoms with Gasteiger partial charge in [-0.15, -0.1) is 11.3 Å². The highest BCUT2D eigenvalue weighted by Gasteiger charge is 2.34. The van der Waals surface area contributed by atoms with Crippen LogP contribution in [0.2, 0.25) is 0 Å². The molecule has 0 radical (unpaired) electrons. The quantitative estimate of drug-likeness (QED) is 0.871. The molecule has 1 amide bonds. The van der Waals surface area contributed by atoms with Crippen molar-refractivity contribution in [3.8, 4) is 0 Å². The van der Waals surface area contributed by atoms with Crippen LogP contribution >= 0.6 is 23.1 Å². The molecule has 0 atom stereocenters. The molecule has 1 saturated heterocycles. The zero-order valence-electron chi connectivity index (χ0n) is 10.9. The van der Waals surface area contributed by atoms with E-state index in [1.807, 2.05) is 13.8 Å². The number of thioether (sulfide) groups is 1. The van der Waals surface area contributed by atoms with Crippen molar-refractivity contribution in [1.29, 1.82) is 5.41 Å². The number of hydrogen-bond acceptors (Lipinski definition) is 6. The molecule has 1 N–H and O–H groups in total. The topological polar surface area (TPSA) is 70.5 Å². The number of nitrogens with zero attached hydrogens (tertiary/aromatic N) is 1. The molecular weight excluding hydrogens is 284 g/mol. The van der Waals surface area contributed by atoms with E-state index >= 15 is 0 Å². The third kappa shape index (κ3) is 2.40. The first-order valence-electron chi connectivity index (χ1n) is 5.78. The zero-order chi connectivity index (χ0) is 14.2. The van der Waals surface area contributed by atoms with Gasteiger partial charge in [0.15, 0.2) is 5.17 Å². The highest BCUT2D eigenvalue weighted by atomic mass is 32.2. The molecule has 5 nitrogen and oxygen atoms in total. The number of esters is 1. The molecule has 1 aliphatic rings. The number of hydrogen-bond donors (Lipinski definition) is 1. The maximum Gasteiger partial charge on any atom is 0.341 e. The minimum Gasteiger partial charge on any atom is -0.462 e. The van der Waals surface area contributed by atoms with E-state index in [1.54, 1.807) is 6.92 Å². The van der Waals surface area contributed by atoms with Gasteiger partial charge in [-0.2, -0.15) is 0 Å². The van der Waals surface area contributed by atoms with E-state index in [0.717, 1.165) is 10.4 Å². The van der Waals surface area contributed by atoms with Gasteiger partial charge in [0.05, 0.1) is 17.9 Å². The van der Waals surface area contributed by atoms with Crippen LogP contribution in [0, 0.1) is 19.3 Å². The lowest BCUT2D eigenvalue weighted by molar-refractivity contribution is -0.115. The van der Waals surface area contributed by atoms with Crippen LogP contribution in [-0.2, 0) is 9.53 Å². The molecular formula is C12H14N2O3S2. The Balaban J connectivity index is 2.51. The smallest absolute Gasteiger partial charge is 0.341 e. The third-order valence-electron chi connectivity index (χ3n) is 2.83. The summed E-state index contributed by atoms with van der Waals surface area (Å²) in [5.74, 6) is -0.351. The number of carbonyl (C=O) groups excluding carboxylic acids is 2. The van der Waals surface area contributed by atoms with Crippen LogP contribution < -0.4 is 4.90 Å². The first-order chi connectivity index (χ1) is 8.97. The Hall–Kier alpha value is -1.34. The molecule has 1 aliphatic heterocycles. The lowest BCUT2D eigenvalue weighted by Gasteiger charge is -2.14. The van der Waals surface area contributed by atoms with Gasteiger partial charge in [0.1, 0.15) is 5.00 Å². The summed E-state index contributed by atoms with van der Waals surface area (Å²) in [6, 6.07) is 0. The van der Waals surface area contributed by atoms with E-state index < -0.39 is 5.97 Å². The van der Waals surface area contributed by atoms with Crippen LogP contribution in [0.1, 0.15) is 27.7 Å². The summed E-state index contributed by atoms with van der Waals surface area (Å²) < 4.78 is 5.05. The van der Waals surface area contributed by atoms with Crippen molar-refractivity contribution in [3.63, 3.8) is 0 Å². The van der Waals surface area contributed by atoms with Gasteiger partial charge in [0.25, 0.3) is 0 Å². The summed E-state index contributed by atoms with van der Waals surface area (Å²) in [5.41, 5.74) is 1.22. The molecule has 2 heterocycles. The average molecular weight is 298 g/mol. The lowest BCUT2D eigenvalue weighted by Crippen LogP contribution is -2.29. The van der Waals surface area contributed by atoms with Crippen molar-refractivity contribution in [2.24, 2.45) is 0 Å². The van der Waals surface area contributed by atoms with E-state index in [1.165, 1.54) is 28.0 Å². The third-order valence-corrected chi connectivity index (χ3v) is 4.87. The molecule has 1 aromatic heterocycles. The van der Waals surface area contributed by atoms with Crippen molar-refractivity contribution in [2.45, 2.75) is 20.8 Å². The minimum atomic E-state index is -0.433. The number of amidine groups is 1. The van der Waals surface area contributed by atoms with E-state index in [4.69, 9.17) is 10.1 Å². The van der Waals surface area contributed by atoms with Crippen LogP contribution in [0.3, 0.4) is 0 Å². The van der Waals surface area contributed by atoms with Crippen LogP contribution in [0.25, 0.3) is 0 Å². The number of nitrogens with one attached hydrogen (secondary N) is 1. The van der Waals surface area contributed by atoms with Crippen LogP contribution in [0.15, 0.2) is 0 Å². The predicted molar refractivity (Wildman–Crippen MR) is 77.4 cm³/mol. The fourth-order valence-corrected chi connectivity index (χ4v) is 3.73. The van der Waals surface area contributed by atoms with Crippen molar-refractivity contribution in [2.75, 3.05) is 17.3 Å². The first kappa shape index (κ1) is 14.1. The SMILES string of the molecule is CCOC(=O)c1c(N2C(=N)SCC2=O)sc(C)c1C. The van der Waals surface area contributed by atoms with Crippen LogP contribution in [0.4, 0.5) is 5.00 Å². The molecule has 0 saturated carbocycles. The number of amides is 1. The number of rotatable bonds is 3. The number of anilines is 1. The highest BCUT2D eigenvalue weighted by Crippen LogP contribution is 2.39. The Morgan fingerprint density at radius 2 is 2.16 bits per heavy atom. The summed E-state index contributed by atoms with van der Waals surface area (Å²) in [6.07, 6.45) is 0. The molecule has 7 heteroatoms. The molecule has 1 aromatic rings. The summed E-state index contributed by atoms with van der Waals surface area (Å²) in [4.78, 5) is 26.2. The van der Waals surface area contributed by atoms with Crippen LogP contribution in [0.5, 0.6) is 0 Å². The van der Waals surface area contributed by atoms with Gasteiger partial charge >= 0.3 is 5.97 Å². The number of aryl methyl sites for hydroxylation is 1. The molecule has 2 rings (SSSR count). The molecule has 0 unspecified atom stereocenters. The van der Waals surface area contributed by atoms with Gasteiger partial charge < -0.3 is 4.74 Å². The molecule has 1 fully saturated rings. The number of carbonyl (C=O) groups is 2. The van der Waals surface area contributed by atoms with Crippen molar-refractivity contribution >= 4 is 45.1 Å². The Kier molecular flexibility index (Phi) is 3.96. The normalized spacial score (nSPS) is 15.2. The van der Waals surface area contributed by atoms with Gasteiger partial charge in [0, 0.05) is 4.88 Å². The largest absolute Gasteiger partial charge is 0.462 e. The molecule has 0 aliphatic carbocycles. The molecule has 0 aromatic carbocycles. The van der Waals surface area contributed by atoms with Gasteiger partial charge in [-0.05, 0) is 26.3 Å². The Labute approximate surface area is 119 Å². The summed E-state index contributed by atoms with van der Waals surface area (Å²) in [7, 11) is 0. The minimum absolute atomic E-state index is 0.164. The molecule has 0 bridgehead atoms.